The van der Waals surface area contributed by atoms with Crippen molar-refractivity contribution in [3.8, 4) is 0 Å². The Morgan fingerprint density at radius 2 is 1.54 bits per heavy atom. The molecule has 2 rings (SSSR count). The molecule has 2 atom stereocenters. The Morgan fingerprint density at radius 1 is 0.929 bits per heavy atom. The minimum absolute atomic E-state index is 0.00921. The largest absolute Gasteiger partial charge is 0.344 e. The van der Waals surface area contributed by atoms with Crippen LogP contribution in [0.15, 0.2) is 48.5 Å². The van der Waals surface area contributed by atoms with E-state index < -0.39 is 0 Å². The van der Waals surface area contributed by atoms with E-state index in [4.69, 9.17) is 0 Å². The van der Waals surface area contributed by atoms with Gasteiger partial charge < -0.3 is 15.5 Å². The second kappa shape index (κ2) is 10.6. The van der Waals surface area contributed by atoms with E-state index in [-0.39, 0.29) is 30.9 Å². The fraction of sp³-hybridized carbons (Fsp3) is 0.391. The van der Waals surface area contributed by atoms with Crippen LogP contribution < -0.4 is 15.5 Å². The number of benzene rings is 2. The molecule has 2 aromatic carbocycles. The van der Waals surface area contributed by atoms with Crippen molar-refractivity contribution in [2.45, 2.75) is 39.7 Å². The molecule has 5 nitrogen and oxygen atoms in total. The maximum absolute atomic E-state index is 12.5. The Balaban J connectivity index is 1.88. The Bertz CT molecular complexity index is 769. The minimum Gasteiger partial charge on any atom is -0.344 e. The maximum atomic E-state index is 12.5. The maximum Gasteiger partial charge on any atom is 0.279 e. The van der Waals surface area contributed by atoms with Gasteiger partial charge in [-0.3, -0.25) is 9.59 Å². The number of rotatable bonds is 9. The Labute approximate surface area is 168 Å². The summed E-state index contributed by atoms with van der Waals surface area (Å²) in [5.41, 5.74) is 4.04. The zero-order chi connectivity index (χ0) is 20.5. The van der Waals surface area contributed by atoms with Crippen molar-refractivity contribution >= 4 is 17.5 Å². The van der Waals surface area contributed by atoms with E-state index >= 15 is 0 Å². The lowest BCUT2D eigenvalue weighted by atomic mass is 10.0. The second-order valence-electron chi connectivity index (χ2n) is 7.45. The second-order valence-corrected chi connectivity index (χ2v) is 7.45. The number of hydrogen-bond acceptors (Lipinski definition) is 2. The summed E-state index contributed by atoms with van der Waals surface area (Å²) in [6, 6.07) is 16.0. The van der Waals surface area contributed by atoms with Crippen LogP contribution in [0.3, 0.4) is 0 Å². The molecule has 2 amide bonds. The van der Waals surface area contributed by atoms with Crippen molar-refractivity contribution < 1.29 is 14.5 Å². The molecule has 0 aliphatic carbocycles. The van der Waals surface area contributed by atoms with Gasteiger partial charge in [0.25, 0.3) is 11.8 Å². The van der Waals surface area contributed by atoms with Crippen molar-refractivity contribution in [2.75, 3.05) is 25.5 Å². The zero-order valence-corrected chi connectivity index (χ0v) is 17.3. The molecule has 0 fully saturated rings. The summed E-state index contributed by atoms with van der Waals surface area (Å²) < 4.78 is 0. The highest BCUT2D eigenvalue weighted by Crippen LogP contribution is 2.19. The number of nitrogens with one attached hydrogen (secondary N) is 3. The minimum atomic E-state index is -0.0872. The summed E-state index contributed by atoms with van der Waals surface area (Å²) in [7, 11) is 1.86. The molecular weight excluding hydrogens is 350 g/mol. The number of quaternary nitrogens is 1. The van der Waals surface area contributed by atoms with Gasteiger partial charge in [0.05, 0.1) is 13.1 Å². The number of carbonyl (C=O) groups excluding carboxylic acids is 2. The average Bonchev–Trinajstić information content (AvgIpc) is 2.65. The lowest BCUT2D eigenvalue weighted by Crippen LogP contribution is -3.11. The molecule has 0 bridgehead atoms. The molecule has 0 aliphatic rings. The third-order valence-electron chi connectivity index (χ3n) is 4.78. The number of anilines is 1. The summed E-state index contributed by atoms with van der Waals surface area (Å²) in [6.45, 7) is 6.56. The molecule has 150 valence electrons. The van der Waals surface area contributed by atoms with E-state index in [0.717, 1.165) is 40.1 Å². The molecule has 28 heavy (non-hydrogen) atoms. The van der Waals surface area contributed by atoms with E-state index in [1.165, 1.54) is 0 Å². The first-order valence-electron chi connectivity index (χ1n) is 9.92. The highest BCUT2D eigenvalue weighted by atomic mass is 16.2. The first-order chi connectivity index (χ1) is 13.4. The SMILES string of the molecule is CCC[C@H](NC(=O)C[NH+](C)CC(=O)Nc1c(C)cccc1C)c1ccccc1. The fourth-order valence-corrected chi connectivity index (χ4v) is 3.35. The van der Waals surface area contributed by atoms with Crippen LogP contribution in [-0.2, 0) is 9.59 Å². The number of aryl methyl sites for hydroxylation is 2. The van der Waals surface area contributed by atoms with Gasteiger partial charge in [0, 0.05) is 5.69 Å². The number of para-hydroxylation sites is 1. The van der Waals surface area contributed by atoms with Gasteiger partial charge in [-0.05, 0) is 37.0 Å². The summed E-state index contributed by atoms with van der Waals surface area (Å²) in [4.78, 5) is 25.7. The quantitative estimate of drug-likeness (QED) is 0.624. The molecule has 0 radical (unpaired) electrons. The number of amides is 2. The smallest absolute Gasteiger partial charge is 0.279 e. The topological polar surface area (TPSA) is 62.6 Å². The Morgan fingerprint density at radius 3 is 2.14 bits per heavy atom. The highest BCUT2D eigenvalue weighted by molar-refractivity contribution is 5.93. The van der Waals surface area contributed by atoms with Gasteiger partial charge in [-0.15, -0.1) is 0 Å². The van der Waals surface area contributed by atoms with Crippen LogP contribution in [0.1, 0.15) is 42.5 Å². The third-order valence-corrected chi connectivity index (χ3v) is 4.78. The molecule has 0 aromatic heterocycles. The first kappa shape index (κ1) is 21.6. The summed E-state index contributed by atoms with van der Waals surface area (Å²) in [5, 5.41) is 6.09. The van der Waals surface area contributed by atoms with E-state index in [2.05, 4.69) is 17.6 Å². The summed E-state index contributed by atoms with van der Waals surface area (Å²) in [5.74, 6) is -0.129. The predicted molar refractivity (Wildman–Crippen MR) is 113 cm³/mol. The van der Waals surface area contributed by atoms with Gasteiger partial charge in [-0.1, -0.05) is 61.9 Å². The van der Waals surface area contributed by atoms with E-state index in [1.54, 1.807) is 0 Å². The Hall–Kier alpha value is -2.66. The number of likely N-dealkylation sites (N-methyl/N-ethyl adjacent to an activating group) is 1. The molecule has 5 heteroatoms. The molecule has 0 saturated carbocycles. The third kappa shape index (κ3) is 6.50. The molecular formula is C23H32N3O2+. The summed E-state index contributed by atoms with van der Waals surface area (Å²) in [6.07, 6.45) is 1.88. The lowest BCUT2D eigenvalue weighted by molar-refractivity contribution is -0.862. The first-order valence-corrected chi connectivity index (χ1v) is 9.92. The van der Waals surface area contributed by atoms with E-state index in [0.29, 0.717) is 0 Å². The predicted octanol–water partition coefficient (Wildman–Crippen LogP) is 2.41. The van der Waals surface area contributed by atoms with Gasteiger partial charge in [-0.2, -0.15) is 0 Å². The zero-order valence-electron chi connectivity index (χ0n) is 17.3. The van der Waals surface area contributed by atoms with Gasteiger partial charge >= 0.3 is 0 Å². The monoisotopic (exact) mass is 382 g/mol. The standard InChI is InChI=1S/C23H31N3O2/c1-5-10-20(19-13-7-6-8-14-19)24-21(27)15-26(4)16-22(28)25-23-17(2)11-9-12-18(23)3/h6-9,11-14,20H,5,10,15-16H2,1-4H3,(H,24,27)(H,25,28)/p+1/t20-/m0/s1. The molecule has 2 aromatic rings. The van der Waals surface area contributed by atoms with Gasteiger partial charge in [0.15, 0.2) is 13.1 Å². The molecule has 0 saturated heterocycles. The van der Waals surface area contributed by atoms with Crippen LogP contribution in [0.4, 0.5) is 5.69 Å². The van der Waals surface area contributed by atoms with Crippen LogP contribution in [0, 0.1) is 13.8 Å². The van der Waals surface area contributed by atoms with E-state index in [9.17, 15) is 9.59 Å². The summed E-state index contributed by atoms with van der Waals surface area (Å²) >= 11 is 0. The van der Waals surface area contributed by atoms with Crippen LogP contribution in [0.2, 0.25) is 0 Å². The molecule has 0 aliphatic heterocycles. The van der Waals surface area contributed by atoms with Gasteiger partial charge in [0.2, 0.25) is 0 Å². The highest BCUT2D eigenvalue weighted by Gasteiger charge is 2.19. The van der Waals surface area contributed by atoms with Crippen molar-refractivity contribution in [3.63, 3.8) is 0 Å². The fourth-order valence-electron chi connectivity index (χ4n) is 3.35. The van der Waals surface area contributed by atoms with Crippen LogP contribution in [0.5, 0.6) is 0 Å². The molecule has 0 spiro atoms. The van der Waals surface area contributed by atoms with Crippen molar-refractivity contribution in [1.82, 2.24) is 5.32 Å². The van der Waals surface area contributed by atoms with Crippen molar-refractivity contribution in [3.05, 3.63) is 65.2 Å². The number of hydrogen-bond donors (Lipinski definition) is 3. The van der Waals surface area contributed by atoms with Crippen molar-refractivity contribution in [1.29, 1.82) is 0 Å². The number of carbonyl (C=O) groups is 2. The van der Waals surface area contributed by atoms with Crippen LogP contribution >= 0.6 is 0 Å². The molecule has 3 N–H and O–H groups in total. The lowest BCUT2D eigenvalue weighted by Gasteiger charge is -2.20. The molecule has 1 unspecified atom stereocenters. The van der Waals surface area contributed by atoms with Gasteiger partial charge in [-0.25, -0.2) is 0 Å². The normalized spacial score (nSPS) is 12.9. The van der Waals surface area contributed by atoms with E-state index in [1.807, 2.05) is 69.4 Å². The van der Waals surface area contributed by atoms with Crippen LogP contribution in [0.25, 0.3) is 0 Å². The van der Waals surface area contributed by atoms with Crippen molar-refractivity contribution in [2.24, 2.45) is 0 Å². The van der Waals surface area contributed by atoms with Crippen LogP contribution in [-0.4, -0.2) is 32.0 Å². The average molecular weight is 383 g/mol. The molecule has 0 heterocycles. The van der Waals surface area contributed by atoms with Gasteiger partial charge in [0.1, 0.15) is 0 Å². The Kier molecular flexibility index (Phi) is 8.20.